The van der Waals surface area contributed by atoms with Gasteiger partial charge in [0.2, 0.25) is 0 Å². The number of halogens is 3. The number of hydrogen-bond donors (Lipinski definition) is 0. The predicted molar refractivity (Wildman–Crippen MR) is 83.0 cm³/mol. The lowest BCUT2D eigenvalue weighted by Crippen LogP contribution is -2.48. The molecular weight excluding hydrogens is 363 g/mol. The predicted octanol–water partition coefficient (Wildman–Crippen LogP) is 1.95. The van der Waals surface area contributed by atoms with Crippen LogP contribution in [0.15, 0.2) is 24.3 Å². The van der Waals surface area contributed by atoms with Gasteiger partial charge in [0, 0.05) is 5.69 Å². The van der Waals surface area contributed by atoms with E-state index in [9.17, 15) is 31.2 Å². The topological polar surface area (TPSA) is 80.8 Å². The number of sulfone groups is 1. The highest BCUT2D eigenvalue weighted by atomic mass is 32.2. The van der Waals surface area contributed by atoms with Crippen molar-refractivity contribution in [3.05, 3.63) is 29.8 Å². The Labute approximate surface area is 142 Å². The molecule has 1 amide bonds. The van der Waals surface area contributed by atoms with Crippen LogP contribution in [0.2, 0.25) is 0 Å². The fraction of sp³-hybridized carbons (Fsp3) is 0.467. The molecule has 6 nitrogen and oxygen atoms in total. The Kier molecular flexibility index (Phi) is 5.40. The van der Waals surface area contributed by atoms with E-state index in [4.69, 9.17) is 4.74 Å². The third-order valence-electron chi connectivity index (χ3n) is 3.69. The van der Waals surface area contributed by atoms with Crippen molar-refractivity contribution < 1.29 is 35.9 Å². The molecule has 1 atom stereocenters. The first kappa shape index (κ1) is 19.2. The van der Waals surface area contributed by atoms with E-state index in [1.807, 2.05) is 0 Å². The Hall–Kier alpha value is -2.10. The van der Waals surface area contributed by atoms with Gasteiger partial charge in [0.15, 0.2) is 9.84 Å². The molecule has 0 saturated carbocycles. The van der Waals surface area contributed by atoms with Crippen LogP contribution in [0.5, 0.6) is 0 Å². The van der Waals surface area contributed by atoms with Crippen LogP contribution in [0.3, 0.4) is 0 Å². The lowest BCUT2D eigenvalue weighted by atomic mass is 10.1. The molecule has 138 valence electrons. The van der Waals surface area contributed by atoms with Gasteiger partial charge in [-0.25, -0.2) is 13.2 Å². The van der Waals surface area contributed by atoms with Crippen LogP contribution in [0, 0.1) is 0 Å². The van der Waals surface area contributed by atoms with Crippen LogP contribution in [0.25, 0.3) is 0 Å². The van der Waals surface area contributed by atoms with Crippen LogP contribution >= 0.6 is 0 Å². The smallest absolute Gasteiger partial charge is 0.462 e. The second kappa shape index (κ2) is 7.03. The number of esters is 1. The molecule has 0 bridgehead atoms. The van der Waals surface area contributed by atoms with Gasteiger partial charge in [-0.15, -0.1) is 0 Å². The normalized spacial score (nSPS) is 19.4. The summed E-state index contributed by atoms with van der Waals surface area (Å²) in [6.45, 7) is 1.75. The van der Waals surface area contributed by atoms with Crippen molar-refractivity contribution >= 4 is 27.4 Å². The van der Waals surface area contributed by atoms with Crippen LogP contribution in [-0.2, 0) is 19.4 Å². The summed E-state index contributed by atoms with van der Waals surface area (Å²) in [6.07, 6.45) is -5.23. The van der Waals surface area contributed by atoms with Gasteiger partial charge in [0.25, 0.3) is 0 Å². The van der Waals surface area contributed by atoms with Gasteiger partial charge in [-0.05, 0) is 37.6 Å². The lowest BCUT2D eigenvalue weighted by Gasteiger charge is -2.29. The summed E-state index contributed by atoms with van der Waals surface area (Å²) < 4.78 is 66.7. The Balaban J connectivity index is 2.36. The highest BCUT2D eigenvalue weighted by molar-refractivity contribution is 7.91. The number of nitrogens with zero attached hydrogens (tertiary/aromatic N) is 1. The molecule has 2 rings (SSSR count). The first-order valence-electron chi connectivity index (χ1n) is 7.43. The summed E-state index contributed by atoms with van der Waals surface area (Å²) in [7, 11) is -3.49. The Morgan fingerprint density at radius 1 is 1.24 bits per heavy atom. The third kappa shape index (κ3) is 4.50. The van der Waals surface area contributed by atoms with E-state index >= 15 is 0 Å². The molecule has 1 heterocycles. The summed E-state index contributed by atoms with van der Waals surface area (Å²) >= 11 is 0. The van der Waals surface area contributed by atoms with Crippen LogP contribution in [0.4, 0.5) is 18.9 Å². The van der Waals surface area contributed by atoms with E-state index in [1.165, 1.54) is 24.3 Å². The number of ether oxygens (including phenoxy) is 1. The van der Waals surface area contributed by atoms with Crippen molar-refractivity contribution in [3.8, 4) is 0 Å². The van der Waals surface area contributed by atoms with Crippen molar-refractivity contribution in [3.63, 3.8) is 0 Å². The number of benzene rings is 1. The highest BCUT2D eigenvalue weighted by Gasteiger charge is 2.47. The van der Waals surface area contributed by atoms with Crippen molar-refractivity contribution in [2.75, 3.05) is 23.0 Å². The Bertz CT molecular complexity index is 758. The summed E-state index contributed by atoms with van der Waals surface area (Å²) in [4.78, 5) is 23.8. The van der Waals surface area contributed by atoms with Gasteiger partial charge >= 0.3 is 18.1 Å². The summed E-state index contributed by atoms with van der Waals surface area (Å²) in [6, 6.07) is 3.69. The number of carbonyl (C=O) groups excluding carboxylic acids is 2. The molecule has 1 saturated heterocycles. The maximum absolute atomic E-state index is 12.9. The van der Waals surface area contributed by atoms with Crippen LogP contribution < -0.4 is 4.90 Å². The van der Waals surface area contributed by atoms with E-state index in [0.29, 0.717) is 4.90 Å². The lowest BCUT2D eigenvalue weighted by molar-refractivity contribution is -0.170. The maximum atomic E-state index is 12.9. The zero-order chi connectivity index (χ0) is 18.8. The Morgan fingerprint density at radius 3 is 2.28 bits per heavy atom. The minimum atomic E-state index is -5.15. The molecule has 0 radical (unpaired) electrons. The molecule has 1 fully saturated rings. The fourth-order valence-corrected chi connectivity index (χ4v) is 4.28. The second-order valence-electron chi connectivity index (χ2n) is 5.50. The van der Waals surface area contributed by atoms with Gasteiger partial charge < -0.3 is 9.64 Å². The molecule has 0 spiro atoms. The first-order valence-corrected chi connectivity index (χ1v) is 9.25. The Morgan fingerprint density at radius 2 is 1.84 bits per heavy atom. The minimum absolute atomic E-state index is 0.0796. The van der Waals surface area contributed by atoms with Gasteiger partial charge in [-0.3, -0.25) is 4.79 Å². The summed E-state index contributed by atoms with van der Waals surface area (Å²) in [5.41, 5.74) is -0.0125. The molecule has 1 aliphatic heterocycles. The number of anilines is 1. The average Bonchev–Trinajstić information content (AvgIpc) is 2.87. The SMILES string of the molecule is CCOC(=O)c1ccc(N(C(=O)C(F)(F)F)C2CCS(=O)(=O)C2)cc1. The number of alkyl halides is 3. The van der Waals surface area contributed by atoms with Crippen LogP contribution in [0.1, 0.15) is 23.7 Å². The zero-order valence-corrected chi connectivity index (χ0v) is 14.1. The number of rotatable bonds is 4. The molecule has 1 aliphatic rings. The van der Waals surface area contributed by atoms with E-state index in [0.717, 1.165) is 0 Å². The molecule has 1 unspecified atom stereocenters. The second-order valence-corrected chi connectivity index (χ2v) is 7.73. The molecule has 10 heteroatoms. The summed E-state index contributed by atoms with van der Waals surface area (Å²) in [5, 5.41) is 0. The average molecular weight is 379 g/mol. The van der Waals surface area contributed by atoms with Gasteiger partial charge in [-0.1, -0.05) is 0 Å². The van der Waals surface area contributed by atoms with Crippen molar-refractivity contribution in [2.24, 2.45) is 0 Å². The molecule has 0 N–H and O–H groups in total. The van der Waals surface area contributed by atoms with E-state index < -0.39 is 39.7 Å². The zero-order valence-electron chi connectivity index (χ0n) is 13.2. The van der Waals surface area contributed by atoms with Crippen molar-refractivity contribution in [1.29, 1.82) is 0 Å². The van der Waals surface area contributed by atoms with Gasteiger partial charge in [-0.2, -0.15) is 13.2 Å². The highest BCUT2D eigenvalue weighted by Crippen LogP contribution is 2.30. The molecule has 25 heavy (non-hydrogen) atoms. The fourth-order valence-electron chi connectivity index (χ4n) is 2.58. The number of amides is 1. The van der Waals surface area contributed by atoms with Crippen molar-refractivity contribution in [2.45, 2.75) is 25.6 Å². The van der Waals surface area contributed by atoms with Gasteiger partial charge in [0.1, 0.15) is 0 Å². The monoisotopic (exact) mass is 379 g/mol. The molecule has 1 aromatic rings. The molecule has 0 aliphatic carbocycles. The van der Waals surface area contributed by atoms with Gasteiger partial charge in [0.05, 0.1) is 29.7 Å². The number of carbonyl (C=O) groups is 2. The summed E-state index contributed by atoms with van der Waals surface area (Å²) in [5.74, 6) is -3.60. The standard InChI is InChI=1S/C15H16F3NO5S/c1-2-24-13(20)10-3-5-11(6-4-10)19(14(21)15(16,17)18)12-7-8-25(22,23)9-12/h3-6,12H,2,7-9H2,1H3. The third-order valence-corrected chi connectivity index (χ3v) is 5.44. The van der Waals surface area contributed by atoms with Crippen molar-refractivity contribution in [1.82, 2.24) is 0 Å². The first-order chi connectivity index (χ1) is 11.5. The van der Waals surface area contributed by atoms with E-state index in [2.05, 4.69) is 0 Å². The van der Waals surface area contributed by atoms with E-state index in [1.54, 1.807) is 6.92 Å². The maximum Gasteiger partial charge on any atom is 0.471 e. The van der Waals surface area contributed by atoms with E-state index in [-0.39, 0.29) is 30.0 Å². The largest absolute Gasteiger partial charge is 0.471 e. The van der Waals surface area contributed by atoms with Crippen LogP contribution in [-0.4, -0.2) is 50.6 Å². The number of hydrogen-bond acceptors (Lipinski definition) is 5. The minimum Gasteiger partial charge on any atom is -0.462 e. The molecule has 0 aromatic heterocycles. The molecular formula is C15H16F3NO5S. The molecule has 1 aromatic carbocycles. The quantitative estimate of drug-likeness (QED) is 0.747.